The van der Waals surface area contributed by atoms with E-state index >= 15 is 0 Å². The lowest BCUT2D eigenvalue weighted by molar-refractivity contribution is -0.137. The first-order chi connectivity index (χ1) is 17.2. The molecule has 10 nitrogen and oxygen atoms in total. The highest BCUT2D eigenvalue weighted by molar-refractivity contribution is 6.30. The van der Waals surface area contributed by atoms with E-state index in [1.807, 2.05) is 6.92 Å². The van der Waals surface area contributed by atoms with Crippen LogP contribution in [0.1, 0.15) is 39.0 Å². The van der Waals surface area contributed by atoms with E-state index in [-0.39, 0.29) is 35.9 Å². The lowest BCUT2D eigenvalue weighted by Crippen LogP contribution is -2.70. The Balaban J connectivity index is 1.25. The van der Waals surface area contributed by atoms with Gasteiger partial charge in [0.1, 0.15) is 11.6 Å². The van der Waals surface area contributed by atoms with E-state index in [1.54, 1.807) is 0 Å². The number of hydrogen-bond donors (Lipinski definition) is 3. The van der Waals surface area contributed by atoms with Crippen LogP contribution in [0.15, 0.2) is 30.6 Å². The first-order valence-electron chi connectivity index (χ1n) is 11.7. The van der Waals surface area contributed by atoms with E-state index in [9.17, 15) is 19.1 Å². The number of amides is 2. The predicted octanol–water partition coefficient (Wildman–Crippen LogP) is 2.17. The van der Waals surface area contributed by atoms with Crippen LogP contribution < -0.4 is 24.8 Å². The SMILES string of the molecule is CCOc1ncc(OCC(=O)NC23CCC(NC(=O)COc4ccc(Cl)c(F)c4)(CC2)[C@@H](O)C3)cn1. The third-order valence-electron chi connectivity index (χ3n) is 6.62. The third-order valence-corrected chi connectivity index (χ3v) is 6.93. The Morgan fingerprint density at radius 2 is 1.69 bits per heavy atom. The summed E-state index contributed by atoms with van der Waals surface area (Å²) in [6, 6.07) is 4.15. The van der Waals surface area contributed by atoms with Crippen LogP contribution in [0.3, 0.4) is 0 Å². The lowest BCUT2D eigenvalue weighted by Gasteiger charge is -2.56. The topological polar surface area (TPSA) is 132 Å². The Hall–Kier alpha value is -3.18. The molecule has 3 N–H and O–H groups in total. The molecule has 0 unspecified atom stereocenters. The molecule has 2 aromatic rings. The number of ether oxygens (including phenoxy) is 3. The average molecular weight is 523 g/mol. The van der Waals surface area contributed by atoms with E-state index in [0.29, 0.717) is 44.5 Å². The van der Waals surface area contributed by atoms with Gasteiger partial charge in [0.15, 0.2) is 19.0 Å². The molecule has 194 valence electrons. The number of aliphatic hydroxyl groups is 1. The second kappa shape index (κ2) is 10.8. The van der Waals surface area contributed by atoms with E-state index in [2.05, 4.69) is 20.6 Å². The maximum absolute atomic E-state index is 13.6. The molecule has 3 saturated carbocycles. The number of aliphatic hydroxyl groups excluding tert-OH is 1. The summed E-state index contributed by atoms with van der Waals surface area (Å²) in [6.07, 6.45) is 4.47. The Bertz CT molecular complexity index is 1090. The summed E-state index contributed by atoms with van der Waals surface area (Å²) in [7, 11) is 0. The Labute approximate surface area is 212 Å². The van der Waals surface area contributed by atoms with E-state index < -0.39 is 28.9 Å². The van der Waals surface area contributed by atoms with Crippen molar-refractivity contribution in [3.05, 3.63) is 41.4 Å². The summed E-state index contributed by atoms with van der Waals surface area (Å²) < 4.78 is 29.6. The lowest BCUT2D eigenvalue weighted by atomic mass is 9.60. The van der Waals surface area contributed by atoms with Crippen molar-refractivity contribution in [1.29, 1.82) is 0 Å². The van der Waals surface area contributed by atoms with Gasteiger partial charge >= 0.3 is 6.01 Å². The molecule has 3 aliphatic rings. The van der Waals surface area contributed by atoms with Gasteiger partial charge in [-0.25, -0.2) is 4.39 Å². The van der Waals surface area contributed by atoms with E-state index in [1.165, 1.54) is 24.5 Å². The van der Waals surface area contributed by atoms with Crippen LogP contribution in [0.4, 0.5) is 4.39 Å². The van der Waals surface area contributed by atoms with Crippen LogP contribution in [0.5, 0.6) is 17.5 Å². The second-order valence-corrected chi connectivity index (χ2v) is 9.45. The number of benzene rings is 1. The number of hydrogen-bond acceptors (Lipinski definition) is 8. The van der Waals surface area contributed by atoms with Gasteiger partial charge in [-0.3, -0.25) is 9.59 Å². The maximum atomic E-state index is 13.6. The summed E-state index contributed by atoms with van der Waals surface area (Å²) in [4.78, 5) is 33.1. The van der Waals surface area contributed by atoms with E-state index in [0.717, 1.165) is 6.07 Å². The Morgan fingerprint density at radius 3 is 2.31 bits per heavy atom. The number of nitrogens with zero attached hydrogens (tertiary/aromatic N) is 2. The molecule has 1 atom stereocenters. The van der Waals surface area contributed by atoms with Crippen molar-refractivity contribution in [1.82, 2.24) is 20.6 Å². The molecule has 2 amide bonds. The van der Waals surface area contributed by atoms with Crippen molar-refractivity contribution in [2.24, 2.45) is 0 Å². The minimum atomic E-state index is -0.849. The summed E-state index contributed by atoms with van der Waals surface area (Å²) in [6.45, 7) is 1.72. The molecule has 3 fully saturated rings. The average Bonchev–Trinajstić information content (AvgIpc) is 2.86. The monoisotopic (exact) mass is 522 g/mol. The molecule has 1 aromatic heterocycles. The third kappa shape index (κ3) is 5.96. The zero-order valence-corrected chi connectivity index (χ0v) is 20.5. The number of carbonyl (C=O) groups is 2. The van der Waals surface area contributed by atoms with Crippen molar-refractivity contribution < 1.29 is 33.3 Å². The van der Waals surface area contributed by atoms with Crippen molar-refractivity contribution >= 4 is 23.4 Å². The highest BCUT2D eigenvalue weighted by Gasteiger charge is 2.55. The predicted molar refractivity (Wildman–Crippen MR) is 126 cm³/mol. The van der Waals surface area contributed by atoms with Crippen LogP contribution in [-0.4, -0.2) is 63.9 Å². The van der Waals surface area contributed by atoms with Crippen LogP contribution >= 0.6 is 11.6 Å². The number of halogens is 2. The van der Waals surface area contributed by atoms with Crippen molar-refractivity contribution in [2.75, 3.05) is 19.8 Å². The number of carbonyl (C=O) groups excluding carboxylic acids is 2. The summed E-state index contributed by atoms with van der Waals surface area (Å²) >= 11 is 5.65. The number of rotatable bonds is 10. The van der Waals surface area contributed by atoms with Gasteiger partial charge in [0.2, 0.25) is 0 Å². The highest BCUT2D eigenvalue weighted by atomic mass is 35.5. The molecule has 0 saturated heterocycles. The number of nitrogens with one attached hydrogen (secondary N) is 2. The fourth-order valence-electron chi connectivity index (χ4n) is 4.75. The molecule has 3 aliphatic carbocycles. The largest absolute Gasteiger partial charge is 0.484 e. The Kier molecular flexibility index (Phi) is 7.79. The van der Waals surface area contributed by atoms with Crippen LogP contribution in [-0.2, 0) is 9.59 Å². The molecule has 0 spiro atoms. The first-order valence-corrected chi connectivity index (χ1v) is 12.1. The Morgan fingerprint density at radius 1 is 1.06 bits per heavy atom. The minimum absolute atomic E-state index is 0.0365. The molecule has 12 heteroatoms. The van der Waals surface area contributed by atoms with Crippen LogP contribution in [0.25, 0.3) is 0 Å². The summed E-state index contributed by atoms with van der Waals surface area (Å²) in [5.41, 5.74) is -1.37. The van der Waals surface area contributed by atoms with Gasteiger partial charge in [-0.05, 0) is 51.2 Å². The van der Waals surface area contributed by atoms with Gasteiger partial charge in [0.05, 0.1) is 35.7 Å². The van der Waals surface area contributed by atoms with Gasteiger partial charge in [-0.15, -0.1) is 0 Å². The molecule has 1 heterocycles. The van der Waals surface area contributed by atoms with Crippen molar-refractivity contribution in [3.8, 4) is 17.5 Å². The van der Waals surface area contributed by atoms with Gasteiger partial charge in [-0.1, -0.05) is 11.6 Å². The molecule has 0 aliphatic heterocycles. The normalized spacial score (nSPS) is 24.6. The molecule has 0 radical (unpaired) electrons. The smallest absolute Gasteiger partial charge is 0.316 e. The first kappa shape index (κ1) is 25.9. The zero-order chi connectivity index (χ0) is 25.8. The van der Waals surface area contributed by atoms with Crippen molar-refractivity contribution in [3.63, 3.8) is 0 Å². The standard InChI is InChI=1S/C24H28ClFN4O6/c1-2-34-22-27-11-16(12-28-22)36-13-20(32)29-23-5-7-24(8-6-23,19(31)10-23)30-21(33)14-35-15-3-4-17(25)18(26)9-15/h3-4,9,11-12,19,31H,2,5-8,10,13-14H2,1H3,(H,29,32)(H,30,33)/t19-,23?,24?/m0/s1. The molecule has 1 aromatic carbocycles. The van der Waals surface area contributed by atoms with E-state index in [4.69, 9.17) is 25.8 Å². The van der Waals surface area contributed by atoms with Crippen LogP contribution in [0, 0.1) is 5.82 Å². The number of aromatic nitrogens is 2. The zero-order valence-electron chi connectivity index (χ0n) is 19.8. The van der Waals surface area contributed by atoms with Crippen molar-refractivity contribution in [2.45, 2.75) is 56.2 Å². The molecule has 2 bridgehead atoms. The molecule has 36 heavy (non-hydrogen) atoms. The maximum Gasteiger partial charge on any atom is 0.316 e. The van der Waals surface area contributed by atoms with Gasteiger partial charge < -0.3 is 30.0 Å². The fourth-order valence-corrected chi connectivity index (χ4v) is 4.87. The highest BCUT2D eigenvalue weighted by Crippen LogP contribution is 2.47. The summed E-state index contributed by atoms with van der Waals surface area (Å²) in [5, 5.41) is 16.7. The van der Waals surface area contributed by atoms with Gasteiger partial charge in [0, 0.05) is 11.6 Å². The second-order valence-electron chi connectivity index (χ2n) is 9.04. The minimum Gasteiger partial charge on any atom is -0.484 e. The quantitative estimate of drug-likeness (QED) is 0.432. The molecular formula is C24H28ClFN4O6. The van der Waals surface area contributed by atoms with Gasteiger partial charge in [-0.2, -0.15) is 9.97 Å². The fraction of sp³-hybridized carbons (Fsp3) is 0.500. The summed E-state index contributed by atoms with van der Waals surface area (Å²) in [5.74, 6) is -0.867. The van der Waals surface area contributed by atoms with Crippen LogP contribution in [0.2, 0.25) is 5.02 Å². The molecular weight excluding hydrogens is 495 g/mol. The van der Waals surface area contributed by atoms with Gasteiger partial charge in [0.25, 0.3) is 11.8 Å². The number of fused-ring (bicyclic) bond motifs is 3. The molecule has 5 rings (SSSR count).